The molecule has 2 saturated carbocycles. The van der Waals surface area contributed by atoms with Crippen LogP contribution in [0, 0.1) is 0 Å². The molecular formula is C26H29F6N. The molecule has 0 N–H and O–H groups in total. The summed E-state index contributed by atoms with van der Waals surface area (Å²) >= 11 is 0. The largest absolute Gasteiger partial charge is 0.398 e. The SMILES string of the molecule is CCN(CCCc1ccc(C2(C(F)(F)F)CC2)c(C2(C(F)(F)F)CC2)c1)Cc1ccccc1. The minimum Gasteiger partial charge on any atom is -0.299 e. The summed E-state index contributed by atoms with van der Waals surface area (Å²) in [6.45, 7) is 4.44. The standard InChI is InChI=1S/C26H29F6N/c1-2-33(18-20-7-4-3-5-8-20)16-6-9-19-10-11-21(23(12-13-23)25(27,28)29)22(17-19)24(14-15-24)26(30,31)32/h3-5,7-8,10-11,17H,2,6,9,12-16,18H2,1H3. The number of hydrogen-bond acceptors (Lipinski definition) is 1. The van der Waals surface area contributed by atoms with Crippen LogP contribution in [-0.2, 0) is 23.8 Å². The average Bonchev–Trinajstić information content (AvgIpc) is 3.66. The van der Waals surface area contributed by atoms with Crippen LogP contribution in [0.25, 0.3) is 0 Å². The first kappa shape index (κ1) is 24.1. The second-order valence-electron chi connectivity index (χ2n) is 9.50. The Morgan fingerprint density at radius 3 is 1.85 bits per heavy atom. The number of benzene rings is 2. The minimum atomic E-state index is -4.54. The van der Waals surface area contributed by atoms with E-state index in [0.29, 0.717) is 12.0 Å². The van der Waals surface area contributed by atoms with E-state index < -0.39 is 23.2 Å². The molecule has 2 aliphatic carbocycles. The summed E-state index contributed by atoms with van der Waals surface area (Å²) in [6.07, 6.45) is -8.37. The van der Waals surface area contributed by atoms with E-state index in [2.05, 4.69) is 11.8 Å². The van der Waals surface area contributed by atoms with Gasteiger partial charge in [0.2, 0.25) is 0 Å². The predicted octanol–water partition coefficient (Wildman–Crippen LogP) is 7.33. The fraction of sp³-hybridized carbons (Fsp3) is 0.538. The van der Waals surface area contributed by atoms with E-state index in [1.165, 1.54) is 17.7 Å². The normalized spacial score (nSPS) is 19.0. The van der Waals surface area contributed by atoms with E-state index in [0.717, 1.165) is 26.1 Å². The maximum Gasteiger partial charge on any atom is 0.398 e. The lowest BCUT2D eigenvalue weighted by molar-refractivity contribution is -0.167. The van der Waals surface area contributed by atoms with E-state index >= 15 is 0 Å². The van der Waals surface area contributed by atoms with Gasteiger partial charge in [-0.2, -0.15) is 26.3 Å². The zero-order valence-corrected chi connectivity index (χ0v) is 18.7. The van der Waals surface area contributed by atoms with Crippen LogP contribution in [0.5, 0.6) is 0 Å². The third-order valence-corrected chi connectivity index (χ3v) is 7.34. The number of nitrogens with zero attached hydrogens (tertiary/aromatic N) is 1. The van der Waals surface area contributed by atoms with Gasteiger partial charge in [0.15, 0.2) is 0 Å². The van der Waals surface area contributed by atoms with Gasteiger partial charge in [0, 0.05) is 6.54 Å². The minimum absolute atomic E-state index is 0.137. The van der Waals surface area contributed by atoms with Crippen molar-refractivity contribution in [3.8, 4) is 0 Å². The zero-order chi connectivity index (χ0) is 23.9. The van der Waals surface area contributed by atoms with Gasteiger partial charge in [0.05, 0.1) is 10.8 Å². The fourth-order valence-corrected chi connectivity index (χ4v) is 4.92. The molecule has 0 aromatic heterocycles. The van der Waals surface area contributed by atoms with Crippen LogP contribution in [0.2, 0.25) is 0 Å². The predicted molar refractivity (Wildman–Crippen MR) is 116 cm³/mol. The summed E-state index contributed by atoms with van der Waals surface area (Å²) < 4.78 is 83.1. The molecular weight excluding hydrogens is 440 g/mol. The van der Waals surface area contributed by atoms with Gasteiger partial charge in [-0.1, -0.05) is 55.5 Å². The van der Waals surface area contributed by atoms with Crippen molar-refractivity contribution >= 4 is 0 Å². The van der Waals surface area contributed by atoms with Gasteiger partial charge in [0.25, 0.3) is 0 Å². The average molecular weight is 470 g/mol. The maximum absolute atomic E-state index is 13.9. The Kier molecular flexibility index (Phi) is 6.31. The van der Waals surface area contributed by atoms with Crippen LogP contribution < -0.4 is 0 Å². The molecule has 2 aliphatic rings. The Labute approximate surface area is 190 Å². The molecule has 0 saturated heterocycles. The quantitative estimate of drug-likeness (QED) is 0.348. The molecule has 0 unspecified atom stereocenters. The van der Waals surface area contributed by atoms with Gasteiger partial charge in [0.1, 0.15) is 0 Å². The third-order valence-electron chi connectivity index (χ3n) is 7.34. The van der Waals surface area contributed by atoms with E-state index in [1.807, 2.05) is 30.3 Å². The Bertz CT molecular complexity index is 955. The van der Waals surface area contributed by atoms with Crippen LogP contribution in [0.15, 0.2) is 48.5 Å². The Hall–Kier alpha value is -2.02. The van der Waals surface area contributed by atoms with Crippen LogP contribution >= 0.6 is 0 Å². The monoisotopic (exact) mass is 469 g/mol. The first-order valence-corrected chi connectivity index (χ1v) is 11.6. The highest BCUT2D eigenvalue weighted by atomic mass is 19.4. The number of rotatable bonds is 9. The summed E-state index contributed by atoms with van der Waals surface area (Å²) in [6, 6.07) is 14.4. The third kappa shape index (κ3) is 4.66. The van der Waals surface area contributed by atoms with Crippen molar-refractivity contribution in [2.24, 2.45) is 0 Å². The first-order chi connectivity index (χ1) is 15.5. The van der Waals surface area contributed by atoms with Gasteiger partial charge >= 0.3 is 12.4 Å². The summed E-state index contributed by atoms with van der Waals surface area (Å²) in [4.78, 5) is 2.26. The molecule has 0 heterocycles. The number of alkyl halides is 6. The van der Waals surface area contributed by atoms with Crippen molar-refractivity contribution < 1.29 is 26.3 Å². The Morgan fingerprint density at radius 1 is 0.758 bits per heavy atom. The molecule has 0 spiro atoms. The molecule has 1 nitrogen and oxygen atoms in total. The van der Waals surface area contributed by atoms with Gasteiger partial charge < -0.3 is 0 Å². The molecule has 0 bridgehead atoms. The van der Waals surface area contributed by atoms with Crippen molar-refractivity contribution in [2.75, 3.05) is 13.1 Å². The van der Waals surface area contributed by atoms with E-state index in [1.54, 1.807) is 6.07 Å². The highest BCUT2D eigenvalue weighted by molar-refractivity contribution is 5.50. The molecule has 33 heavy (non-hydrogen) atoms. The van der Waals surface area contributed by atoms with Crippen LogP contribution in [0.4, 0.5) is 26.3 Å². The van der Waals surface area contributed by atoms with Gasteiger partial charge in [-0.15, -0.1) is 0 Å². The van der Waals surface area contributed by atoms with E-state index in [9.17, 15) is 26.3 Å². The molecule has 2 aromatic carbocycles. The summed E-state index contributed by atoms with van der Waals surface area (Å²) in [5.74, 6) is 0. The molecule has 0 amide bonds. The van der Waals surface area contributed by atoms with Crippen molar-refractivity contribution in [2.45, 2.75) is 75.2 Å². The van der Waals surface area contributed by atoms with Crippen molar-refractivity contribution in [1.29, 1.82) is 0 Å². The number of halogens is 6. The lowest BCUT2D eigenvalue weighted by atomic mass is 9.81. The zero-order valence-electron chi connectivity index (χ0n) is 18.7. The summed E-state index contributed by atoms with van der Waals surface area (Å²) in [5.41, 5.74) is -2.67. The second-order valence-corrected chi connectivity index (χ2v) is 9.50. The number of aryl methyl sites for hydroxylation is 1. The molecule has 7 heteroatoms. The first-order valence-electron chi connectivity index (χ1n) is 11.6. The molecule has 180 valence electrons. The van der Waals surface area contributed by atoms with Gasteiger partial charge in [-0.3, -0.25) is 4.90 Å². The van der Waals surface area contributed by atoms with E-state index in [4.69, 9.17) is 0 Å². The van der Waals surface area contributed by atoms with Crippen molar-refractivity contribution in [1.82, 2.24) is 4.90 Å². The number of hydrogen-bond donors (Lipinski definition) is 0. The molecule has 0 atom stereocenters. The van der Waals surface area contributed by atoms with Crippen LogP contribution in [0.3, 0.4) is 0 Å². The lowest BCUT2D eigenvalue weighted by Crippen LogP contribution is -2.35. The lowest BCUT2D eigenvalue weighted by Gasteiger charge is -2.29. The summed E-state index contributed by atoms with van der Waals surface area (Å²) in [5, 5.41) is 0. The van der Waals surface area contributed by atoms with Gasteiger partial charge in [-0.25, -0.2) is 0 Å². The smallest absolute Gasteiger partial charge is 0.299 e. The highest BCUT2D eigenvalue weighted by Crippen LogP contribution is 2.66. The topological polar surface area (TPSA) is 3.24 Å². The highest BCUT2D eigenvalue weighted by Gasteiger charge is 2.70. The molecule has 0 radical (unpaired) electrons. The molecule has 4 rings (SSSR count). The van der Waals surface area contributed by atoms with Crippen LogP contribution in [0.1, 0.15) is 61.3 Å². The maximum atomic E-state index is 13.9. The second kappa shape index (κ2) is 8.64. The molecule has 0 aliphatic heterocycles. The molecule has 2 fully saturated rings. The van der Waals surface area contributed by atoms with Crippen LogP contribution in [-0.4, -0.2) is 30.3 Å². The van der Waals surface area contributed by atoms with Crippen molar-refractivity contribution in [3.63, 3.8) is 0 Å². The van der Waals surface area contributed by atoms with E-state index in [-0.39, 0.29) is 36.8 Å². The summed E-state index contributed by atoms with van der Waals surface area (Å²) in [7, 11) is 0. The van der Waals surface area contributed by atoms with Gasteiger partial charge in [-0.05, 0) is 73.9 Å². The fourth-order valence-electron chi connectivity index (χ4n) is 4.92. The van der Waals surface area contributed by atoms with Crippen molar-refractivity contribution in [3.05, 3.63) is 70.8 Å². The Morgan fingerprint density at radius 2 is 1.33 bits per heavy atom. The molecule has 2 aromatic rings. The Balaban J connectivity index is 1.53.